The van der Waals surface area contributed by atoms with Gasteiger partial charge in [-0.2, -0.15) is 0 Å². The molecular weight excluding hydrogens is 440 g/mol. The van der Waals surface area contributed by atoms with Gasteiger partial charge in [-0.3, -0.25) is 19.8 Å². The number of rotatable bonds is 4. The van der Waals surface area contributed by atoms with Crippen LogP contribution in [0.3, 0.4) is 0 Å². The van der Waals surface area contributed by atoms with E-state index in [0.29, 0.717) is 20.7 Å². The van der Waals surface area contributed by atoms with Gasteiger partial charge < -0.3 is 4.74 Å². The van der Waals surface area contributed by atoms with Gasteiger partial charge in [0.15, 0.2) is 4.32 Å². The first-order valence-corrected chi connectivity index (χ1v) is 9.28. The van der Waals surface area contributed by atoms with Crippen molar-refractivity contribution >= 4 is 67.6 Å². The molecular formula is C17H11BrN2O4S2. The lowest BCUT2D eigenvalue weighted by molar-refractivity contribution is -0.384. The largest absolute Gasteiger partial charge is 0.496 e. The van der Waals surface area contributed by atoms with Crippen molar-refractivity contribution in [2.75, 3.05) is 12.0 Å². The number of anilines is 1. The predicted molar refractivity (Wildman–Crippen MR) is 109 cm³/mol. The quantitative estimate of drug-likeness (QED) is 0.289. The fourth-order valence-corrected chi connectivity index (χ4v) is 4.04. The molecule has 1 aliphatic rings. The molecule has 2 aromatic carbocycles. The van der Waals surface area contributed by atoms with Crippen molar-refractivity contribution in [2.45, 2.75) is 0 Å². The van der Waals surface area contributed by atoms with Gasteiger partial charge in [-0.1, -0.05) is 39.9 Å². The van der Waals surface area contributed by atoms with Crippen molar-refractivity contribution in [1.29, 1.82) is 0 Å². The first-order chi connectivity index (χ1) is 12.4. The van der Waals surface area contributed by atoms with Crippen LogP contribution in [0, 0.1) is 10.1 Å². The average Bonchev–Trinajstić information content (AvgIpc) is 2.89. The first-order valence-electron chi connectivity index (χ1n) is 7.26. The van der Waals surface area contributed by atoms with Crippen LogP contribution in [0.25, 0.3) is 6.08 Å². The highest BCUT2D eigenvalue weighted by Gasteiger charge is 2.33. The van der Waals surface area contributed by atoms with Crippen LogP contribution in [0.1, 0.15) is 5.56 Å². The lowest BCUT2D eigenvalue weighted by Gasteiger charge is -2.14. The van der Waals surface area contributed by atoms with Crippen molar-refractivity contribution < 1.29 is 14.5 Å². The molecule has 0 atom stereocenters. The first kappa shape index (κ1) is 18.6. The average molecular weight is 451 g/mol. The van der Waals surface area contributed by atoms with Gasteiger partial charge in [0.25, 0.3) is 11.6 Å². The van der Waals surface area contributed by atoms with Crippen molar-refractivity contribution in [3.05, 3.63) is 67.5 Å². The Kier molecular flexibility index (Phi) is 5.40. The molecule has 0 spiro atoms. The number of amides is 1. The molecule has 26 heavy (non-hydrogen) atoms. The Balaban J connectivity index is 1.94. The van der Waals surface area contributed by atoms with Gasteiger partial charge in [0.05, 0.1) is 22.6 Å². The SMILES string of the molecule is COc1ccc(Br)cc1/C=C1\SC(=S)N(c2ccc([N+](=O)[O-])cc2)C1=O. The molecule has 2 aromatic rings. The van der Waals surface area contributed by atoms with E-state index in [4.69, 9.17) is 17.0 Å². The highest BCUT2D eigenvalue weighted by molar-refractivity contribution is 9.10. The minimum Gasteiger partial charge on any atom is -0.496 e. The second-order valence-electron chi connectivity index (χ2n) is 5.18. The van der Waals surface area contributed by atoms with Gasteiger partial charge in [-0.15, -0.1) is 0 Å². The number of benzene rings is 2. The lowest BCUT2D eigenvalue weighted by atomic mass is 10.2. The number of carbonyl (C=O) groups excluding carboxylic acids is 1. The summed E-state index contributed by atoms with van der Waals surface area (Å²) in [5, 5.41) is 10.8. The summed E-state index contributed by atoms with van der Waals surface area (Å²) in [6, 6.07) is 11.2. The number of nitro groups is 1. The Hall–Kier alpha value is -2.23. The highest BCUT2D eigenvalue weighted by atomic mass is 79.9. The second kappa shape index (κ2) is 7.56. The van der Waals surface area contributed by atoms with E-state index in [1.807, 2.05) is 12.1 Å². The Morgan fingerprint density at radius 1 is 1.27 bits per heavy atom. The van der Waals surface area contributed by atoms with E-state index < -0.39 is 4.92 Å². The Bertz CT molecular complexity index is 944. The van der Waals surface area contributed by atoms with Crippen molar-refractivity contribution in [1.82, 2.24) is 0 Å². The number of ether oxygens (including phenoxy) is 1. The second-order valence-corrected chi connectivity index (χ2v) is 7.77. The predicted octanol–water partition coefficient (Wildman–Crippen LogP) is 4.77. The monoisotopic (exact) mass is 450 g/mol. The van der Waals surface area contributed by atoms with E-state index in [1.54, 1.807) is 19.3 Å². The number of thiocarbonyl (C=S) groups is 1. The fourth-order valence-electron chi connectivity index (χ4n) is 2.37. The molecule has 0 unspecified atom stereocenters. The lowest BCUT2D eigenvalue weighted by Crippen LogP contribution is -2.27. The van der Waals surface area contributed by atoms with Gasteiger partial charge in [-0.05, 0) is 36.4 Å². The smallest absolute Gasteiger partial charge is 0.270 e. The van der Waals surface area contributed by atoms with Crippen LogP contribution in [0.5, 0.6) is 5.75 Å². The summed E-state index contributed by atoms with van der Waals surface area (Å²) in [4.78, 5) is 24.9. The fraction of sp³-hybridized carbons (Fsp3) is 0.0588. The Morgan fingerprint density at radius 2 is 1.96 bits per heavy atom. The van der Waals surface area contributed by atoms with Crippen molar-refractivity contribution in [3.63, 3.8) is 0 Å². The van der Waals surface area contributed by atoms with Crippen molar-refractivity contribution in [2.24, 2.45) is 0 Å². The zero-order valence-electron chi connectivity index (χ0n) is 13.3. The number of thioether (sulfide) groups is 1. The van der Waals surface area contributed by atoms with E-state index in [-0.39, 0.29) is 11.6 Å². The van der Waals surface area contributed by atoms with Gasteiger partial charge in [0.2, 0.25) is 0 Å². The van der Waals surface area contributed by atoms with Crippen LogP contribution >= 0.6 is 39.9 Å². The molecule has 132 valence electrons. The summed E-state index contributed by atoms with van der Waals surface area (Å²) in [5.41, 5.74) is 1.18. The molecule has 1 saturated heterocycles. The molecule has 0 bridgehead atoms. The molecule has 0 aromatic heterocycles. The van der Waals surface area contributed by atoms with Crippen LogP contribution in [0.2, 0.25) is 0 Å². The van der Waals surface area contributed by atoms with Crippen LogP contribution < -0.4 is 9.64 Å². The molecule has 1 amide bonds. The minimum atomic E-state index is -0.493. The summed E-state index contributed by atoms with van der Waals surface area (Å²) < 4.78 is 6.55. The molecule has 0 N–H and O–H groups in total. The van der Waals surface area contributed by atoms with E-state index in [1.165, 1.54) is 40.9 Å². The number of non-ortho nitro benzene ring substituents is 1. The standard InChI is InChI=1S/C17H11BrN2O4S2/c1-24-14-7-2-11(18)8-10(14)9-15-16(21)19(17(25)26-15)12-3-5-13(6-4-12)20(22)23/h2-9H,1H3/b15-9-. The molecule has 3 rings (SSSR count). The zero-order chi connectivity index (χ0) is 18.8. The molecule has 1 aliphatic heterocycles. The van der Waals surface area contributed by atoms with Gasteiger partial charge in [0, 0.05) is 22.2 Å². The molecule has 0 radical (unpaired) electrons. The topological polar surface area (TPSA) is 72.7 Å². The van der Waals surface area contributed by atoms with Crippen LogP contribution in [0.4, 0.5) is 11.4 Å². The molecule has 9 heteroatoms. The van der Waals surface area contributed by atoms with Crippen LogP contribution in [0.15, 0.2) is 51.8 Å². The van der Waals surface area contributed by atoms with Gasteiger partial charge in [-0.25, -0.2) is 0 Å². The molecule has 6 nitrogen and oxygen atoms in total. The zero-order valence-corrected chi connectivity index (χ0v) is 16.6. The van der Waals surface area contributed by atoms with E-state index in [2.05, 4.69) is 15.9 Å². The maximum atomic E-state index is 12.8. The number of nitro benzene ring substituents is 1. The third-order valence-electron chi connectivity index (χ3n) is 3.59. The maximum Gasteiger partial charge on any atom is 0.270 e. The maximum absolute atomic E-state index is 12.8. The van der Waals surface area contributed by atoms with E-state index >= 15 is 0 Å². The Morgan fingerprint density at radius 3 is 2.58 bits per heavy atom. The van der Waals surface area contributed by atoms with Crippen molar-refractivity contribution in [3.8, 4) is 5.75 Å². The molecule has 0 aliphatic carbocycles. The molecule has 1 fully saturated rings. The summed E-state index contributed by atoms with van der Waals surface area (Å²) in [6.07, 6.45) is 1.72. The summed E-state index contributed by atoms with van der Waals surface area (Å²) in [7, 11) is 1.56. The highest BCUT2D eigenvalue weighted by Crippen LogP contribution is 2.38. The van der Waals surface area contributed by atoms with Crippen LogP contribution in [-0.2, 0) is 4.79 Å². The summed E-state index contributed by atoms with van der Waals surface area (Å²) >= 11 is 9.89. The third-order valence-corrected chi connectivity index (χ3v) is 5.39. The van der Waals surface area contributed by atoms with Crippen LogP contribution in [-0.4, -0.2) is 22.3 Å². The number of halogens is 1. The van der Waals surface area contributed by atoms with Gasteiger partial charge >= 0.3 is 0 Å². The number of carbonyl (C=O) groups is 1. The number of hydrogen-bond acceptors (Lipinski definition) is 6. The van der Waals surface area contributed by atoms with Gasteiger partial charge in [0.1, 0.15) is 5.75 Å². The normalized spacial score (nSPS) is 15.6. The van der Waals surface area contributed by atoms with E-state index in [9.17, 15) is 14.9 Å². The Labute approximate surface area is 167 Å². The number of nitrogens with zero attached hydrogens (tertiary/aromatic N) is 2. The number of hydrogen-bond donors (Lipinski definition) is 0. The minimum absolute atomic E-state index is 0.0476. The summed E-state index contributed by atoms with van der Waals surface area (Å²) in [6.45, 7) is 0. The number of methoxy groups -OCH3 is 1. The molecule has 0 saturated carbocycles. The molecule has 1 heterocycles. The van der Waals surface area contributed by atoms with E-state index in [0.717, 1.165) is 10.0 Å². The summed E-state index contributed by atoms with van der Waals surface area (Å²) in [5.74, 6) is 0.352. The third kappa shape index (κ3) is 3.64.